The van der Waals surface area contributed by atoms with Gasteiger partial charge in [0.05, 0.1) is 29.4 Å². The van der Waals surface area contributed by atoms with Crippen molar-refractivity contribution in [3.63, 3.8) is 0 Å². The molecule has 0 saturated heterocycles. The summed E-state index contributed by atoms with van der Waals surface area (Å²) in [6.45, 7) is 1.82. The highest BCUT2D eigenvalue weighted by Crippen LogP contribution is 2.22. The predicted octanol–water partition coefficient (Wildman–Crippen LogP) is 2.41. The summed E-state index contributed by atoms with van der Waals surface area (Å²) < 4.78 is 29.3. The molecule has 0 radical (unpaired) electrons. The fourth-order valence-corrected chi connectivity index (χ4v) is 4.74. The van der Waals surface area contributed by atoms with Gasteiger partial charge in [-0.1, -0.05) is 48.0 Å². The number of nitrogens with two attached hydrogens (primary N) is 2. The second kappa shape index (κ2) is 9.46. The molecule has 0 unspecified atom stereocenters. The number of nitrogens with one attached hydrogen (secondary N) is 1. The standard InChI is InChI=1S/C22H23ClN4O4S/c1-14-9-17(11-20(25)28)21(26-32(30,31)13-15-5-3-2-4-6-15)22(29)27(14)12-16-7-8-19(24)18(23)10-16/h2-10,26H,11-13,24H2,1H3,(H2,25,28). The van der Waals surface area contributed by atoms with E-state index in [0.29, 0.717) is 27.5 Å². The first-order valence-electron chi connectivity index (χ1n) is 9.65. The van der Waals surface area contributed by atoms with Crippen molar-refractivity contribution in [2.45, 2.75) is 25.6 Å². The largest absolute Gasteiger partial charge is 0.398 e. The number of halogens is 1. The highest BCUT2D eigenvalue weighted by Gasteiger charge is 2.20. The molecule has 168 valence electrons. The third kappa shape index (κ3) is 5.68. The van der Waals surface area contributed by atoms with Crippen molar-refractivity contribution in [3.8, 4) is 0 Å². The van der Waals surface area contributed by atoms with Crippen molar-refractivity contribution in [3.05, 3.63) is 92.4 Å². The molecule has 8 nitrogen and oxygen atoms in total. The van der Waals surface area contributed by atoms with Crippen molar-refractivity contribution in [2.24, 2.45) is 5.73 Å². The zero-order chi connectivity index (χ0) is 23.5. The van der Waals surface area contributed by atoms with Crippen LogP contribution in [0.25, 0.3) is 0 Å². The Labute approximate surface area is 190 Å². The number of pyridine rings is 1. The lowest BCUT2D eigenvalue weighted by molar-refractivity contribution is -0.117. The number of aromatic nitrogens is 1. The van der Waals surface area contributed by atoms with Crippen molar-refractivity contribution in [2.75, 3.05) is 10.5 Å². The monoisotopic (exact) mass is 474 g/mol. The van der Waals surface area contributed by atoms with Crippen molar-refractivity contribution < 1.29 is 13.2 Å². The van der Waals surface area contributed by atoms with Gasteiger partial charge in [-0.05, 0) is 41.8 Å². The van der Waals surface area contributed by atoms with E-state index in [0.717, 1.165) is 0 Å². The van der Waals surface area contributed by atoms with E-state index in [4.69, 9.17) is 23.1 Å². The molecular formula is C22H23ClN4O4S. The van der Waals surface area contributed by atoms with Crippen LogP contribution in [0.4, 0.5) is 11.4 Å². The number of carbonyl (C=O) groups excluding carboxylic acids is 1. The number of nitrogen functional groups attached to an aromatic ring is 1. The van der Waals surface area contributed by atoms with Crippen LogP contribution in [-0.4, -0.2) is 18.9 Å². The molecule has 2 aromatic carbocycles. The minimum atomic E-state index is -3.94. The summed E-state index contributed by atoms with van der Waals surface area (Å²) in [6, 6.07) is 15.1. The van der Waals surface area contributed by atoms with Crippen LogP contribution in [0.2, 0.25) is 5.02 Å². The first-order chi connectivity index (χ1) is 15.1. The summed E-state index contributed by atoms with van der Waals surface area (Å²) in [5, 5.41) is 0.349. The van der Waals surface area contributed by atoms with Gasteiger partial charge in [-0.2, -0.15) is 0 Å². The summed E-state index contributed by atoms with van der Waals surface area (Å²) in [5.41, 5.74) is 12.7. The number of aryl methyl sites for hydroxylation is 1. The molecule has 1 amide bonds. The lowest BCUT2D eigenvalue weighted by atomic mass is 10.1. The molecular weight excluding hydrogens is 452 g/mol. The summed E-state index contributed by atoms with van der Waals surface area (Å²) >= 11 is 6.08. The SMILES string of the molecule is Cc1cc(CC(N)=O)c(NS(=O)(=O)Cc2ccccc2)c(=O)n1Cc1ccc(N)c(Cl)c1. The van der Waals surface area contributed by atoms with Gasteiger partial charge in [0.1, 0.15) is 5.69 Å². The molecule has 0 aliphatic heterocycles. The number of primary amides is 1. The maximum atomic E-state index is 13.3. The van der Waals surface area contributed by atoms with Gasteiger partial charge >= 0.3 is 0 Å². The molecule has 3 rings (SSSR count). The van der Waals surface area contributed by atoms with Crippen molar-refractivity contribution >= 4 is 38.9 Å². The molecule has 0 bridgehead atoms. The summed E-state index contributed by atoms with van der Waals surface area (Å²) in [6.07, 6.45) is -0.284. The zero-order valence-corrected chi connectivity index (χ0v) is 18.9. The molecule has 0 fully saturated rings. The van der Waals surface area contributed by atoms with E-state index >= 15 is 0 Å². The number of rotatable bonds is 8. The average Bonchev–Trinajstić information content (AvgIpc) is 2.71. The first kappa shape index (κ1) is 23.4. The summed E-state index contributed by atoms with van der Waals surface area (Å²) in [4.78, 5) is 24.9. The average molecular weight is 475 g/mol. The van der Waals surface area contributed by atoms with Crippen LogP contribution in [0.5, 0.6) is 0 Å². The number of sulfonamides is 1. The Kier molecular flexibility index (Phi) is 6.90. The van der Waals surface area contributed by atoms with E-state index in [-0.39, 0.29) is 30.0 Å². The molecule has 0 saturated carbocycles. The molecule has 1 heterocycles. The molecule has 0 atom stereocenters. The number of carbonyl (C=O) groups is 1. The van der Waals surface area contributed by atoms with Crippen LogP contribution < -0.4 is 21.7 Å². The Bertz CT molecular complexity index is 1320. The predicted molar refractivity (Wildman–Crippen MR) is 126 cm³/mol. The molecule has 0 spiro atoms. The molecule has 0 aliphatic carbocycles. The first-order valence-corrected chi connectivity index (χ1v) is 11.7. The maximum absolute atomic E-state index is 13.3. The third-order valence-electron chi connectivity index (χ3n) is 4.82. The number of hydrogen-bond acceptors (Lipinski definition) is 5. The highest BCUT2D eigenvalue weighted by atomic mass is 35.5. The number of anilines is 2. The quantitative estimate of drug-likeness (QED) is 0.430. The van der Waals surface area contributed by atoms with Crippen molar-refractivity contribution in [1.82, 2.24) is 4.57 Å². The Hall–Kier alpha value is -3.30. The van der Waals surface area contributed by atoms with Gasteiger partial charge in [0.2, 0.25) is 15.9 Å². The van der Waals surface area contributed by atoms with Gasteiger partial charge in [0.25, 0.3) is 5.56 Å². The Morgan fingerprint density at radius 3 is 2.41 bits per heavy atom. The van der Waals surface area contributed by atoms with Gasteiger partial charge in [-0.3, -0.25) is 14.3 Å². The molecule has 5 N–H and O–H groups in total. The Morgan fingerprint density at radius 1 is 1.09 bits per heavy atom. The fourth-order valence-electron chi connectivity index (χ4n) is 3.30. The Morgan fingerprint density at radius 2 is 1.78 bits per heavy atom. The third-order valence-corrected chi connectivity index (χ3v) is 6.37. The van der Waals surface area contributed by atoms with Crippen molar-refractivity contribution in [1.29, 1.82) is 0 Å². The minimum absolute atomic E-state index is 0.134. The number of amides is 1. The zero-order valence-electron chi connectivity index (χ0n) is 17.3. The van der Waals surface area contributed by atoms with Crippen LogP contribution in [-0.2, 0) is 33.5 Å². The highest BCUT2D eigenvalue weighted by molar-refractivity contribution is 7.91. The minimum Gasteiger partial charge on any atom is -0.398 e. The van der Waals surface area contributed by atoms with Crippen LogP contribution in [0.15, 0.2) is 59.4 Å². The lowest BCUT2D eigenvalue weighted by Crippen LogP contribution is -2.31. The summed E-state index contributed by atoms with van der Waals surface area (Å²) in [5.74, 6) is -1.01. The van der Waals surface area contributed by atoms with Gasteiger partial charge in [0, 0.05) is 5.69 Å². The van der Waals surface area contributed by atoms with Gasteiger partial charge in [0.15, 0.2) is 0 Å². The Balaban J connectivity index is 2.04. The van der Waals surface area contributed by atoms with Gasteiger partial charge in [-0.15, -0.1) is 0 Å². The molecule has 3 aromatic rings. The van der Waals surface area contributed by atoms with Crippen LogP contribution in [0.1, 0.15) is 22.4 Å². The molecule has 1 aromatic heterocycles. The molecule has 0 aliphatic rings. The van der Waals surface area contributed by atoms with E-state index < -0.39 is 21.5 Å². The van der Waals surface area contributed by atoms with E-state index in [1.807, 2.05) is 0 Å². The van der Waals surface area contributed by atoms with Gasteiger partial charge in [-0.25, -0.2) is 8.42 Å². The van der Waals surface area contributed by atoms with E-state index in [9.17, 15) is 18.0 Å². The topological polar surface area (TPSA) is 137 Å². The fraction of sp³-hybridized carbons (Fsp3) is 0.182. The van der Waals surface area contributed by atoms with E-state index in [1.54, 1.807) is 61.5 Å². The van der Waals surface area contributed by atoms with Gasteiger partial charge < -0.3 is 16.0 Å². The van der Waals surface area contributed by atoms with E-state index in [1.165, 1.54) is 4.57 Å². The molecule has 32 heavy (non-hydrogen) atoms. The van der Waals surface area contributed by atoms with Crippen LogP contribution in [0.3, 0.4) is 0 Å². The number of hydrogen-bond donors (Lipinski definition) is 3. The second-order valence-corrected chi connectivity index (χ2v) is 9.55. The maximum Gasteiger partial charge on any atom is 0.275 e. The van der Waals surface area contributed by atoms with Crippen LogP contribution in [0, 0.1) is 6.92 Å². The smallest absolute Gasteiger partial charge is 0.275 e. The lowest BCUT2D eigenvalue weighted by Gasteiger charge is -2.17. The van der Waals surface area contributed by atoms with Crippen LogP contribution >= 0.6 is 11.6 Å². The number of benzene rings is 2. The normalized spacial score (nSPS) is 11.3. The van der Waals surface area contributed by atoms with E-state index in [2.05, 4.69) is 4.72 Å². The second-order valence-electron chi connectivity index (χ2n) is 7.42. The number of nitrogens with zero attached hydrogens (tertiary/aromatic N) is 1. The summed E-state index contributed by atoms with van der Waals surface area (Å²) in [7, 11) is -3.94. The molecule has 10 heteroatoms.